The molecule has 172 valence electrons. The second kappa shape index (κ2) is 7.35. The van der Waals surface area contributed by atoms with E-state index < -0.39 is 0 Å². The summed E-state index contributed by atoms with van der Waals surface area (Å²) < 4.78 is 2.40. The minimum atomic E-state index is 0.551. The molecule has 0 bridgehead atoms. The molecule has 0 amide bonds. The zero-order chi connectivity index (χ0) is 23.8. The molecule has 0 aliphatic carbocycles. The summed E-state index contributed by atoms with van der Waals surface area (Å²) >= 11 is 0. The fourth-order valence-corrected chi connectivity index (χ4v) is 6.57. The van der Waals surface area contributed by atoms with Crippen LogP contribution in [0.2, 0.25) is 0 Å². The van der Waals surface area contributed by atoms with Gasteiger partial charge in [-0.1, -0.05) is 72.3 Å². The first-order valence-electron chi connectivity index (χ1n) is 12.9. The van der Waals surface area contributed by atoms with Crippen LogP contribution in [0.5, 0.6) is 0 Å². The standard InChI is InChI=1S/C34H26N2/c1-22-11-15-31-25(17-22)19-28-20-26-18-23(13-16-32(26)36(28)31)24-12-14-30-29-9-5-6-10-33(29)35(34(30)21-24)27-7-3-2-4-8-27/h2-18,21,28H,19-20H2,1H3. The molecule has 2 aliphatic heterocycles. The fraction of sp³-hybridized carbons (Fsp3) is 0.118. The summed E-state index contributed by atoms with van der Waals surface area (Å²) in [7, 11) is 0. The maximum Gasteiger partial charge on any atom is 0.0547 e. The van der Waals surface area contributed by atoms with Gasteiger partial charge in [-0.3, -0.25) is 0 Å². The van der Waals surface area contributed by atoms with E-state index in [1.807, 2.05) is 0 Å². The van der Waals surface area contributed by atoms with E-state index in [-0.39, 0.29) is 0 Å². The Balaban J connectivity index is 1.27. The summed E-state index contributed by atoms with van der Waals surface area (Å²) in [5.41, 5.74) is 13.4. The molecule has 2 nitrogen and oxygen atoms in total. The van der Waals surface area contributed by atoms with Crippen LogP contribution in [0, 0.1) is 6.92 Å². The largest absolute Gasteiger partial charge is 0.337 e. The lowest BCUT2D eigenvalue weighted by Crippen LogP contribution is -2.22. The molecule has 1 atom stereocenters. The van der Waals surface area contributed by atoms with Gasteiger partial charge in [0.25, 0.3) is 0 Å². The zero-order valence-corrected chi connectivity index (χ0v) is 20.3. The third kappa shape index (κ3) is 2.79. The number of benzene rings is 5. The van der Waals surface area contributed by atoms with Crippen LogP contribution in [-0.2, 0) is 12.8 Å². The number of hydrogen-bond acceptors (Lipinski definition) is 1. The Labute approximate surface area is 211 Å². The van der Waals surface area contributed by atoms with Gasteiger partial charge in [-0.05, 0) is 84.5 Å². The van der Waals surface area contributed by atoms with Gasteiger partial charge in [0, 0.05) is 33.9 Å². The first kappa shape index (κ1) is 19.9. The average molecular weight is 463 g/mol. The molecule has 0 saturated carbocycles. The normalized spacial score (nSPS) is 15.9. The Morgan fingerprint density at radius 1 is 0.583 bits per heavy atom. The highest BCUT2D eigenvalue weighted by molar-refractivity contribution is 6.10. The van der Waals surface area contributed by atoms with E-state index in [1.165, 1.54) is 66.7 Å². The van der Waals surface area contributed by atoms with Crippen LogP contribution >= 0.6 is 0 Å². The van der Waals surface area contributed by atoms with Crippen LogP contribution in [0.25, 0.3) is 38.6 Å². The molecule has 0 radical (unpaired) electrons. The Kier molecular flexibility index (Phi) is 4.07. The smallest absolute Gasteiger partial charge is 0.0547 e. The van der Waals surface area contributed by atoms with Crippen molar-refractivity contribution in [3.05, 3.63) is 126 Å². The van der Waals surface area contributed by atoms with E-state index in [9.17, 15) is 0 Å². The van der Waals surface area contributed by atoms with Gasteiger partial charge in [-0.15, -0.1) is 0 Å². The molecule has 36 heavy (non-hydrogen) atoms. The molecule has 1 aromatic heterocycles. The number of para-hydroxylation sites is 2. The molecule has 1 unspecified atom stereocenters. The van der Waals surface area contributed by atoms with Gasteiger partial charge in [-0.25, -0.2) is 0 Å². The van der Waals surface area contributed by atoms with Crippen molar-refractivity contribution in [1.29, 1.82) is 0 Å². The van der Waals surface area contributed by atoms with Crippen molar-refractivity contribution in [3.63, 3.8) is 0 Å². The van der Waals surface area contributed by atoms with Gasteiger partial charge in [0.05, 0.1) is 11.0 Å². The number of nitrogens with zero attached hydrogens (tertiary/aromatic N) is 2. The number of aromatic nitrogens is 1. The predicted octanol–water partition coefficient (Wildman–Crippen LogP) is 8.38. The van der Waals surface area contributed by atoms with Gasteiger partial charge in [0.2, 0.25) is 0 Å². The van der Waals surface area contributed by atoms with Crippen LogP contribution in [-0.4, -0.2) is 10.6 Å². The molecular formula is C34H26N2. The second-order valence-electron chi connectivity index (χ2n) is 10.3. The number of anilines is 2. The Hall–Kier alpha value is -4.30. The minimum Gasteiger partial charge on any atom is -0.337 e. The van der Waals surface area contributed by atoms with Crippen LogP contribution in [0.1, 0.15) is 16.7 Å². The molecule has 2 heteroatoms. The second-order valence-corrected chi connectivity index (χ2v) is 10.3. The summed E-state index contributed by atoms with van der Waals surface area (Å²) in [5, 5.41) is 2.60. The van der Waals surface area contributed by atoms with Gasteiger partial charge < -0.3 is 9.47 Å². The van der Waals surface area contributed by atoms with Crippen molar-refractivity contribution in [2.75, 3.05) is 4.90 Å². The summed E-state index contributed by atoms with van der Waals surface area (Å²) in [6.45, 7) is 2.19. The molecule has 0 N–H and O–H groups in total. The highest BCUT2D eigenvalue weighted by Crippen LogP contribution is 2.47. The third-order valence-electron chi connectivity index (χ3n) is 8.13. The van der Waals surface area contributed by atoms with Gasteiger partial charge >= 0.3 is 0 Å². The molecular weight excluding hydrogens is 436 g/mol. The van der Waals surface area contributed by atoms with Crippen molar-refractivity contribution < 1.29 is 0 Å². The molecule has 5 aromatic carbocycles. The summed E-state index contributed by atoms with van der Waals surface area (Å²) in [6.07, 6.45) is 2.26. The lowest BCUT2D eigenvalue weighted by atomic mass is 9.98. The topological polar surface area (TPSA) is 8.17 Å². The lowest BCUT2D eigenvalue weighted by Gasteiger charge is -2.20. The van der Waals surface area contributed by atoms with Crippen molar-refractivity contribution in [2.45, 2.75) is 25.8 Å². The number of hydrogen-bond donors (Lipinski definition) is 0. The van der Waals surface area contributed by atoms with Crippen molar-refractivity contribution in [2.24, 2.45) is 0 Å². The SMILES string of the molecule is Cc1ccc2c(c1)CC1Cc3cc(-c4ccc5c6ccccc6n(-c6ccccc6)c5c4)ccc3N21. The third-order valence-corrected chi connectivity index (χ3v) is 8.13. The highest BCUT2D eigenvalue weighted by atomic mass is 15.2. The molecule has 6 aromatic rings. The molecule has 0 fully saturated rings. The predicted molar refractivity (Wildman–Crippen MR) is 151 cm³/mol. The van der Waals surface area contributed by atoms with Crippen LogP contribution in [0.3, 0.4) is 0 Å². The van der Waals surface area contributed by atoms with Gasteiger partial charge in [0.15, 0.2) is 0 Å². The van der Waals surface area contributed by atoms with Gasteiger partial charge in [0.1, 0.15) is 0 Å². The van der Waals surface area contributed by atoms with Crippen molar-refractivity contribution >= 4 is 33.2 Å². The van der Waals surface area contributed by atoms with E-state index in [0.29, 0.717) is 6.04 Å². The van der Waals surface area contributed by atoms with E-state index in [2.05, 4.69) is 126 Å². The average Bonchev–Trinajstić information content (AvgIpc) is 3.55. The maximum absolute atomic E-state index is 2.57. The maximum atomic E-state index is 2.57. The summed E-state index contributed by atoms with van der Waals surface area (Å²) in [4.78, 5) is 2.57. The Bertz CT molecular complexity index is 1810. The van der Waals surface area contributed by atoms with E-state index in [1.54, 1.807) is 0 Å². The summed E-state index contributed by atoms with van der Waals surface area (Å²) in [6, 6.07) is 41.0. The van der Waals surface area contributed by atoms with Crippen molar-refractivity contribution in [1.82, 2.24) is 4.57 Å². The summed E-state index contributed by atoms with van der Waals surface area (Å²) in [5.74, 6) is 0. The number of fused-ring (bicyclic) bond motifs is 8. The monoisotopic (exact) mass is 462 g/mol. The first-order valence-corrected chi connectivity index (χ1v) is 12.9. The lowest BCUT2D eigenvalue weighted by molar-refractivity contribution is 0.725. The van der Waals surface area contributed by atoms with E-state index in [4.69, 9.17) is 0 Å². The molecule has 0 spiro atoms. The molecule has 8 rings (SSSR count). The first-order chi connectivity index (χ1) is 17.7. The molecule has 0 saturated heterocycles. The molecule has 3 heterocycles. The van der Waals surface area contributed by atoms with Gasteiger partial charge in [-0.2, -0.15) is 0 Å². The zero-order valence-electron chi connectivity index (χ0n) is 20.3. The molecule has 2 aliphatic rings. The van der Waals surface area contributed by atoms with Crippen molar-refractivity contribution in [3.8, 4) is 16.8 Å². The van der Waals surface area contributed by atoms with E-state index >= 15 is 0 Å². The van der Waals surface area contributed by atoms with Crippen LogP contribution in [0.4, 0.5) is 11.4 Å². The number of aryl methyl sites for hydroxylation is 1. The minimum absolute atomic E-state index is 0.551. The Morgan fingerprint density at radius 2 is 1.25 bits per heavy atom. The van der Waals surface area contributed by atoms with E-state index in [0.717, 1.165) is 12.8 Å². The Morgan fingerprint density at radius 3 is 2.11 bits per heavy atom. The van der Waals surface area contributed by atoms with Crippen LogP contribution < -0.4 is 4.90 Å². The number of rotatable bonds is 2. The van der Waals surface area contributed by atoms with Crippen LogP contribution in [0.15, 0.2) is 109 Å². The highest BCUT2D eigenvalue weighted by Gasteiger charge is 2.37. The fourth-order valence-electron chi connectivity index (χ4n) is 6.57. The quantitative estimate of drug-likeness (QED) is 0.251.